The van der Waals surface area contributed by atoms with Crippen molar-refractivity contribution >= 4 is 15.6 Å². The molecule has 0 N–H and O–H groups in total. The Morgan fingerprint density at radius 3 is 2.79 bits per heavy atom. The van der Waals surface area contributed by atoms with Gasteiger partial charge in [0.05, 0.1) is 27.3 Å². The first kappa shape index (κ1) is 9.21. The molecule has 1 aliphatic rings. The molecule has 1 aliphatic heterocycles. The second-order valence-electron chi connectivity index (χ2n) is 3.06. The Kier molecular flexibility index (Phi) is 1.85. The lowest BCUT2D eigenvalue weighted by molar-refractivity contribution is 0.101. The standard InChI is InChI=1S/C9H9NO3S/c1-13-6-3-4-7-8(5-6)14(2,12)10-9(7)11/h3-5H,1-2H3. The minimum Gasteiger partial charge on any atom is -0.497 e. The Bertz CT molecular complexity index is 527. The molecule has 2 rings (SSSR count). The summed E-state index contributed by atoms with van der Waals surface area (Å²) in [6.07, 6.45) is 1.45. The number of methoxy groups -OCH3 is 1. The van der Waals surface area contributed by atoms with Crippen LogP contribution < -0.4 is 4.74 Å². The molecular weight excluding hydrogens is 202 g/mol. The second kappa shape index (κ2) is 2.81. The molecule has 1 atom stereocenters. The molecule has 14 heavy (non-hydrogen) atoms. The van der Waals surface area contributed by atoms with Crippen molar-refractivity contribution in [2.45, 2.75) is 4.90 Å². The molecule has 1 unspecified atom stereocenters. The highest BCUT2D eigenvalue weighted by Gasteiger charge is 2.25. The van der Waals surface area contributed by atoms with Crippen molar-refractivity contribution < 1.29 is 13.7 Å². The molecule has 0 aliphatic carbocycles. The Morgan fingerprint density at radius 2 is 2.14 bits per heavy atom. The van der Waals surface area contributed by atoms with Gasteiger partial charge in [-0.1, -0.05) is 0 Å². The molecule has 0 aromatic heterocycles. The van der Waals surface area contributed by atoms with E-state index in [1.54, 1.807) is 18.2 Å². The lowest BCUT2D eigenvalue weighted by atomic mass is 10.2. The quantitative estimate of drug-likeness (QED) is 0.703. The van der Waals surface area contributed by atoms with Gasteiger partial charge in [-0.25, -0.2) is 4.21 Å². The lowest BCUT2D eigenvalue weighted by Gasteiger charge is -2.03. The minimum absolute atomic E-state index is 0.407. The number of carbonyl (C=O) groups excluding carboxylic acids is 1. The van der Waals surface area contributed by atoms with Crippen molar-refractivity contribution in [2.75, 3.05) is 13.4 Å². The maximum absolute atomic E-state index is 11.8. The van der Waals surface area contributed by atoms with Gasteiger partial charge in [0.1, 0.15) is 5.75 Å². The molecule has 1 amide bonds. The van der Waals surface area contributed by atoms with Crippen molar-refractivity contribution in [3.05, 3.63) is 23.8 Å². The zero-order valence-electron chi connectivity index (χ0n) is 7.81. The Labute approximate surface area is 82.1 Å². The van der Waals surface area contributed by atoms with Gasteiger partial charge in [-0.05, 0) is 18.2 Å². The number of fused-ring (bicyclic) bond motifs is 1. The smallest absolute Gasteiger partial charge is 0.286 e. The van der Waals surface area contributed by atoms with E-state index in [1.807, 2.05) is 0 Å². The summed E-state index contributed by atoms with van der Waals surface area (Å²) < 4.78 is 20.4. The van der Waals surface area contributed by atoms with E-state index in [2.05, 4.69) is 4.36 Å². The van der Waals surface area contributed by atoms with Crippen molar-refractivity contribution in [3.63, 3.8) is 0 Å². The number of carbonyl (C=O) groups is 1. The number of amides is 1. The van der Waals surface area contributed by atoms with Gasteiger partial charge in [0.15, 0.2) is 0 Å². The summed E-state index contributed by atoms with van der Waals surface area (Å²) in [5.74, 6) is 0.179. The van der Waals surface area contributed by atoms with E-state index in [4.69, 9.17) is 4.74 Å². The molecule has 0 saturated heterocycles. The highest BCUT2D eigenvalue weighted by molar-refractivity contribution is 7.93. The Morgan fingerprint density at radius 1 is 1.43 bits per heavy atom. The average Bonchev–Trinajstić information content (AvgIpc) is 2.37. The molecule has 0 bridgehead atoms. The Hall–Kier alpha value is -1.36. The second-order valence-corrected chi connectivity index (χ2v) is 5.29. The summed E-state index contributed by atoms with van der Waals surface area (Å²) in [4.78, 5) is 11.8. The summed E-state index contributed by atoms with van der Waals surface area (Å²) in [7, 11) is -1.02. The number of nitrogens with zero attached hydrogens (tertiary/aromatic N) is 1. The first-order valence-electron chi connectivity index (χ1n) is 3.99. The molecule has 1 heterocycles. The van der Waals surface area contributed by atoms with E-state index in [1.165, 1.54) is 13.4 Å². The number of ether oxygens (including phenoxy) is 1. The van der Waals surface area contributed by atoms with Crippen LogP contribution in [0.2, 0.25) is 0 Å². The fourth-order valence-corrected chi connectivity index (χ4v) is 2.79. The molecule has 74 valence electrons. The van der Waals surface area contributed by atoms with Crippen molar-refractivity contribution in [1.82, 2.24) is 0 Å². The molecule has 0 saturated carbocycles. The van der Waals surface area contributed by atoms with Crippen molar-refractivity contribution in [3.8, 4) is 5.75 Å². The van der Waals surface area contributed by atoms with Crippen LogP contribution in [0.25, 0.3) is 0 Å². The normalized spacial score (nSPS) is 24.3. The summed E-state index contributed by atoms with van der Waals surface area (Å²) in [6, 6.07) is 4.86. The van der Waals surface area contributed by atoms with Crippen LogP contribution in [-0.4, -0.2) is 23.5 Å². The summed E-state index contributed by atoms with van der Waals surface area (Å²) in [5, 5.41) is 0. The van der Waals surface area contributed by atoms with Crippen molar-refractivity contribution in [1.29, 1.82) is 0 Å². The average molecular weight is 211 g/mol. The third-order valence-electron chi connectivity index (χ3n) is 2.08. The Balaban J connectivity index is 2.74. The predicted molar refractivity (Wildman–Crippen MR) is 52.1 cm³/mol. The largest absolute Gasteiger partial charge is 0.497 e. The zero-order chi connectivity index (χ0) is 10.3. The topological polar surface area (TPSA) is 55.7 Å². The lowest BCUT2D eigenvalue weighted by Crippen LogP contribution is -1.95. The third-order valence-corrected chi connectivity index (χ3v) is 3.75. The first-order valence-corrected chi connectivity index (χ1v) is 5.91. The van der Waals surface area contributed by atoms with Crippen LogP contribution in [-0.2, 0) is 9.73 Å². The third kappa shape index (κ3) is 1.21. The van der Waals surface area contributed by atoms with Crippen molar-refractivity contribution in [2.24, 2.45) is 4.36 Å². The summed E-state index contributed by atoms with van der Waals surface area (Å²) >= 11 is 0. The monoisotopic (exact) mass is 211 g/mol. The molecular formula is C9H9NO3S. The van der Waals surface area contributed by atoms with Gasteiger partial charge in [-0.15, -0.1) is 0 Å². The molecule has 1 aromatic rings. The van der Waals surface area contributed by atoms with E-state index in [-0.39, 0.29) is 0 Å². The number of rotatable bonds is 1. The fraction of sp³-hybridized carbons (Fsp3) is 0.222. The van der Waals surface area contributed by atoms with E-state index in [0.717, 1.165) is 0 Å². The summed E-state index contributed by atoms with van der Waals surface area (Å²) in [6.45, 7) is 0. The number of hydrogen-bond donors (Lipinski definition) is 0. The van der Waals surface area contributed by atoms with Gasteiger partial charge in [0, 0.05) is 6.26 Å². The van der Waals surface area contributed by atoms with Crippen LogP contribution in [0.1, 0.15) is 10.4 Å². The molecule has 0 spiro atoms. The van der Waals surface area contributed by atoms with E-state index in [0.29, 0.717) is 16.2 Å². The molecule has 0 radical (unpaired) electrons. The van der Waals surface area contributed by atoms with Gasteiger partial charge in [-0.3, -0.25) is 4.79 Å². The van der Waals surface area contributed by atoms with Crippen LogP contribution in [0.15, 0.2) is 27.5 Å². The van der Waals surface area contributed by atoms with Crippen LogP contribution >= 0.6 is 0 Å². The maximum Gasteiger partial charge on any atom is 0.286 e. The van der Waals surface area contributed by atoms with Gasteiger partial charge >= 0.3 is 0 Å². The van der Waals surface area contributed by atoms with E-state index >= 15 is 0 Å². The van der Waals surface area contributed by atoms with Crippen LogP contribution in [0.5, 0.6) is 5.75 Å². The number of hydrogen-bond acceptors (Lipinski definition) is 3. The minimum atomic E-state index is -2.54. The highest BCUT2D eigenvalue weighted by atomic mass is 32.2. The molecule has 1 aromatic carbocycles. The predicted octanol–water partition coefficient (Wildman–Crippen LogP) is 1.31. The number of benzene rings is 1. The first-order chi connectivity index (χ1) is 6.54. The van der Waals surface area contributed by atoms with E-state index < -0.39 is 15.6 Å². The van der Waals surface area contributed by atoms with Gasteiger partial charge in [0.2, 0.25) is 0 Å². The van der Waals surface area contributed by atoms with Crippen LogP contribution in [0.3, 0.4) is 0 Å². The maximum atomic E-state index is 11.8. The van der Waals surface area contributed by atoms with E-state index in [9.17, 15) is 9.00 Å². The van der Waals surface area contributed by atoms with Crippen LogP contribution in [0, 0.1) is 0 Å². The molecule has 0 fully saturated rings. The highest BCUT2D eigenvalue weighted by Crippen LogP contribution is 2.29. The van der Waals surface area contributed by atoms with Gasteiger partial charge in [-0.2, -0.15) is 4.36 Å². The fourth-order valence-electron chi connectivity index (χ4n) is 1.38. The SMILES string of the molecule is COc1ccc2c(c1)S(C)(=O)=NC2=O. The zero-order valence-corrected chi connectivity index (χ0v) is 8.63. The molecule has 5 heteroatoms. The molecule has 4 nitrogen and oxygen atoms in total. The van der Waals surface area contributed by atoms with Gasteiger partial charge < -0.3 is 4.74 Å². The van der Waals surface area contributed by atoms with Gasteiger partial charge in [0.25, 0.3) is 5.91 Å². The van der Waals surface area contributed by atoms with Crippen LogP contribution in [0.4, 0.5) is 0 Å². The summed E-state index contributed by atoms with van der Waals surface area (Å²) in [5.41, 5.74) is 0.415.